The van der Waals surface area contributed by atoms with Crippen molar-refractivity contribution in [2.24, 2.45) is 5.92 Å². The van der Waals surface area contributed by atoms with Gasteiger partial charge in [0.25, 0.3) is 0 Å². The molecule has 0 unspecified atom stereocenters. The number of rotatable bonds is 3. The van der Waals surface area contributed by atoms with Gasteiger partial charge in [-0.25, -0.2) is 0 Å². The highest BCUT2D eigenvalue weighted by Gasteiger charge is 2.13. The topological polar surface area (TPSA) is 52.3 Å². The number of ether oxygens (including phenoxy) is 1. The van der Waals surface area contributed by atoms with Crippen LogP contribution >= 0.6 is 0 Å². The molecule has 0 atom stereocenters. The first-order valence-corrected chi connectivity index (χ1v) is 4.54. The summed E-state index contributed by atoms with van der Waals surface area (Å²) >= 11 is 0. The van der Waals surface area contributed by atoms with E-state index in [2.05, 4.69) is 0 Å². The molecule has 0 saturated heterocycles. The number of ketones is 1. The zero-order valence-electron chi connectivity index (χ0n) is 8.70. The summed E-state index contributed by atoms with van der Waals surface area (Å²) in [5.41, 5.74) is 6.78. The van der Waals surface area contributed by atoms with E-state index >= 15 is 0 Å². The van der Waals surface area contributed by atoms with E-state index in [9.17, 15) is 4.79 Å². The number of Topliss-reactive ketones (excluding diaryl/α,β-unsaturated/α-hetero) is 1. The second kappa shape index (κ2) is 4.13. The van der Waals surface area contributed by atoms with Gasteiger partial charge < -0.3 is 10.5 Å². The van der Waals surface area contributed by atoms with Crippen LogP contribution in [0, 0.1) is 5.92 Å². The fraction of sp³-hybridized carbons (Fsp3) is 0.364. The number of nitrogens with two attached hydrogens (primary N) is 1. The highest BCUT2D eigenvalue weighted by atomic mass is 16.5. The quantitative estimate of drug-likeness (QED) is 0.591. The Hall–Kier alpha value is -1.51. The Labute approximate surface area is 83.9 Å². The molecule has 0 saturated carbocycles. The van der Waals surface area contributed by atoms with Crippen LogP contribution in [0.5, 0.6) is 5.75 Å². The summed E-state index contributed by atoms with van der Waals surface area (Å²) < 4.78 is 5.00. The van der Waals surface area contributed by atoms with Crippen LogP contribution in [0.3, 0.4) is 0 Å². The number of benzene rings is 1. The minimum absolute atomic E-state index is 0.0364. The lowest BCUT2D eigenvalue weighted by molar-refractivity contribution is 0.0940. The van der Waals surface area contributed by atoms with E-state index in [-0.39, 0.29) is 11.7 Å². The van der Waals surface area contributed by atoms with Gasteiger partial charge in [-0.15, -0.1) is 0 Å². The lowest BCUT2D eigenvalue weighted by Crippen LogP contribution is -2.10. The number of nitrogen functional groups attached to an aromatic ring is 1. The van der Waals surface area contributed by atoms with Gasteiger partial charge >= 0.3 is 0 Å². The number of methoxy groups -OCH3 is 1. The van der Waals surface area contributed by atoms with Crippen LogP contribution in [0.15, 0.2) is 18.2 Å². The third kappa shape index (κ3) is 2.05. The van der Waals surface area contributed by atoms with Crippen molar-refractivity contribution in [3.05, 3.63) is 23.8 Å². The molecular formula is C11H15NO2. The van der Waals surface area contributed by atoms with E-state index in [4.69, 9.17) is 10.5 Å². The maximum atomic E-state index is 11.6. The Morgan fingerprint density at radius 3 is 2.50 bits per heavy atom. The Kier molecular flexibility index (Phi) is 3.12. The normalized spacial score (nSPS) is 10.3. The van der Waals surface area contributed by atoms with Crippen molar-refractivity contribution in [2.75, 3.05) is 12.8 Å². The van der Waals surface area contributed by atoms with Crippen molar-refractivity contribution < 1.29 is 9.53 Å². The Morgan fingerprint density at radius 1 is 1.43 bits per heavy atom. The molecule has 0 aliphatic carbocycles. The first-order valence-electron chi connectivity index (χ1n) is 4.54. The van der Waals surface area contributed by atoms with Crippen LogP contribution in [0.25, 0.3) is 0 Å². The van der Waals surface area contributed by atoms with Crippen molar-refractivity contribution in [1.29, 1.82) is 0 Å². The Balaban J connectivity index is 3.06. The number of anilines is 1. The van der Waals surface area contributed by atoms with Crippen molar-refractivity contribution in [3.63, 3.8) is 0 Å². The zero-order valence-corrected chi connectivity index (χ0v) is 8.70. The van der Waals surface area contributed by atoms with Crippen LogP contribution in [-0.4, -0.2) is 12.9 Å². The van der Waals surface area contributed by atoms with Crippen LogP contribution in [0.4, 0.5) is 5.69 Å². The van der Waals surface area contributed by atoms with Crippen molar-refractivity contribution >= 4 is 11.5 Å². The second-order valence-electron chi connectivity index (χ2n) is 3.47. The average molecular weight is 193 g/mol. The van der Waals surface area contributed by atoms with Crippen molar-refractivity contribution in [2.45, 2.75) is 13.8 Å². The number of carbonyl (C=O) groups excluding carboxylic acids is 1. The van der Waals surface area contributed by atoms with Gasteiger partial charge in [0.2, 0.25) is 0 Å². The minimum atomic E-state index is -0.0364. The van der Waals surface area contributed by atoms with Crippen LogP contribution in [0.2, 0.25) is 0 Å². The standard InChI is InChI=1S/C11H15NO2/c1-7(2)11(13)9-5-4-8(14-3)6-10(9)12/h4-7H,12H2,1-3H3. The van der Waals surface area contributed by atoms with Gasteiger partial charge in [0.1, 0.15) is 5.75 Å². The third-order valence-electron chi connectivity index (χ3n) is 2.05. The first kappa shape index (κ1) is 10.6. The molecule has 2 N–H and O–H groups in total. The Bertz CT molecular complexity index is 345. The molecule has 0 amide bonds. The van der Waals surface area contributed by atoms with Gasteiger partial charge in [-0.2, -0.15) is 0 Å². The minimum Gasteiger partial charge on any atom is -0.497 e. The lowest BCUT2D eigenvalue weighted by atomic mass is 9.99. The molecule has 14 heavy (non-hydrogen) atoms. The molecule has 0 fully saturated rings. The number of hydrogen-bond donors (Lipinski definition) is 1. The highest BCUT2D eigenvalue weighted by Crippen LogP contribution is 2.21. The molecule has 1 aromatic carbocycles. The molecule has 0 radical (unpaired) electrons. The van der Waals surface area contributed by atoms with Gasteiger partial charge in [-0.1, -0.05) is 13.8 Å². The fourth-order valence-electron chi connectivity index (χ4n) is 1.20. The van der Waals surface area contributed by atoms with E-state index in [1.807, 2.05) is 13.8 Å². The van der Waals surface area contributed by atoms with E-state index < -0.39 is 0 Å². The molecule has 3 heteroatoms. The van der Waals surface area contributed by atoms with E-state index in [1.54, 1.807) is 25.3 Å². The van der Waals surface area contributed by atoms with Gasteiger partial charge in [0.15, 0.2) is 5.78 Å². The van der Waals surface area contributed by atoms with Gasteiger partial charge in [0, 0.05) is 23.2 Å². The summed E-state index contributed by atoms with van der Waals surface area (Å²) in [6.07, 6.45) is 0. The fourth-order valence-corrected chi connectivity index (χ4v) is 1.20. The van der Waals surface area contributed by atoms with Crippen LogP contribution in [0.1, 0.15) is 24.2 Å². The average Bonchev–Trinajstić information content (AvgIpc) is 2.16. The third-order valence-corrected chi connectivity index (χ3v) is 2.05. The molecule has 0 heterocycles. The molecule has 0 aliphatic heterocycles. The monoisotopic (exact) mass is 193 g/mol. The zero-order chi connectivity index (χ0) is 10.7. The van der Waals surface area contributed by atoms with Crippen LogP contribution < -0.4 is 10.5 Å². The maximum Gasteiger partial charge on any atom is 0.167 e. The van der Waals surface area contributed by atoms with Crippen molar-refractivity contribution in [3.8, 4) is 5.75 Å². The van der Waals surface area contributed by atoms with Gasteiger partial charge in [0.05, 0.1) is 7.11 Å². The Morgan fingerprint density at radius 2 is 2.07 bits per heavy atom. The summed E-state index contributed by atoms with van der Waals surface area (Å²) in [5, 5.41) is 0. The highest BCUT2D eigenvalue weighted by molar-refractivity contribution is 6.02. The van der Waals surface area contributed by atoms with Crippen molar-refractivity contribution in [1.82, 2.24) is 0 Å². The smallest absolute Gasteiger partial charge is 0.167 e. The molecule has 3 nitrogen and oxygen atoms in total. The SMILES string of the molecule is COc1ccc(C(=O)C(C)C)c(N)c1. The number of hydrogen-bond acceptors (Lipinski definition) is 3. The molecule has 1 aromatic rings. The first-order chi connectivity index (χ1) is 6.56. The molecule has 1 rings (SSSR count). The number of carbonyl (C=O) groups is 1. The molecular weight excluding hydrogens is 178 g/mol. The largest absolute Gasteiger partial charge is 0.497 e. The van der Waals surface area contributed by atoms with Crippen LogP contribution in [-0.2, 0) is 0 Å². The van der Waals surface area contributed by atoms with Gasteiger partial charge in [-0.05, 0) is 12.1 Å². The summed E-state index contributed by atoms with van der Waals surface area (Å²) in [4.78, 5) is 11.6. The summed E-state index contributed by atoms with van der Waals surface area (Å²) in [6.45, 7) is 3.71. The molecule has 0 spiro atoms. The maximum absolute atomic E-state index is 11.6. The van der Waals surface area contributed by atoms with E-state index in [0.29, 0.717) is 17.0 Å². The summed E-state index contributed by atoms with van der Waals surface area (Å²) in [5.74, 6) is 0.693. The molecule has 0 aromatic heterocycles. The van der Waals surface area contributed by atoms with E-state index in [1.165, 1.54) is 0 Å². The second-order valence-corrected chi connectivity index (χ2v) is 3.47. The summed E-state index contributed by atoms with van der Waals surface area (Å²) in [6, 6.07) is 5.11. The predicted molar refractivity (Wildman–Crippen MR) is 56.6 cm³/mol. The van der Waals surface area contributed by atoms with Gasteiger partial charge in [-0.3, -0.25) is 4.79 Å². The summed E-state index contributed by atoms with van der Waals surface area (Å²) in [7, 11) is 1.57. The predicted octanol–water partition coefficient (Wildman–Crippen LogP) is 2.12. The van der Waals surface area contributed by atoms with E-state index in [0.717, 1.165) is 0 Å². The lowest BCUT2D eigenvalue weighted by Gasteiger charge is -2.08. The molecule has 76 valence electrons. The molecule has 0 bridgehead atoms. The molecule has 0 aliphatic rings.